The first-order chi connectivity index (χ1) is 9.10. The molecule has 1 aromatic carbocycles. The molecule has 0 aliphatic heterocycles. The fourth-order valence-corrected chi connectivity index (χ4v) is 2.52. The van der Waals surface area contributed by atoms with Gasteiger partial charge in [0.05, 0.1) is 9.26 Å². The fourth-order valence-electron chi connectivity index (χ4n) is 1.60. The van der Waals surface area contributed by atoms with Crippen LogP contribution in [-0.4, -0.2) is 9.97 Å². The summed E-state index contributed by atoms with van der Waals surface area (Å²) < 4.78 is 14.7. The maximum Gasteiger partial charge on any atom is 0.138 e. The zero-order valence-corrected chi connectivity index (χ0v) is 14.0. The number of nitrogens with zero attached hydrogens (tertiary/aromatic N) is 2. The van der Waals surface area contributed by atoms with E-state index in [-0.39, 0.29) is 5.82 Å². The SMILES string of the molecule is CCCc1nc(Br)cc(Nc2cccc(F)c2I)n1. The van der Waals surface area contributed by atoms with E-state index in [0.717, 1.165) is 23.3 Å². The van der Waals surface area contributed by atoms with Gasteiger partial charge < -0.3 is 5.32 Å². The van der Waals surface area contributed by atoms with Crippen LogP contribution in [0.15, 0.2) is 28.9 Å². The molecule has 100 valence electrons. The molecule has 1 heterocycles. The highest BCUT2D eigenvalue weighted by atomic mass is 127. The number of anilines is 2. The van der Waals surface area contributed by atoms with Gasteiger partial charge in [0.15, 0.2) is 0 Å². The monoisotopic (exact) mass is 435 g/mol. The van der Waals surface area contributed by atoms with Crippen LogP contribution in [0, 0.1) is 9.39 Å². The van der Waals surface area contributed by atoms with Gasteiger partial charge in [-0.15, -0.1) is 0 Å². The normalized spacial score (nSPS) is 10.5. The summed E-state index contributed by atoms with van der Waals surface area (Å²) in [4.78, 5) is 8.71. The minimum Gasteiger partial charge on any atom is -0.339 e. The molecule has 1 aromatic heterocycles. The largest absolute Gasteiger partial charge is 0.339 e. The number of benzene rings is 1. The van der Waals surface area contributed by atoms with Crippen molar-refractivity contribution in [3.63, 3.8) is 0 Å². The van der Waals surface area contributed by atoms with Crippen molar-refractivity contribution in [2.75, 3.05) is 5.32 Å². The summed E-state index contributed by atoms with van der Waals surface area (Å²) in [6.45, 7) is 2.08. The molecular weight excluding hydrogens is 424 g/mol. The average molecular weight is 436 g/mol. The van der Waals surface area contributed by atoms with Gasteiger partial charge in [0.25, 0.3) is 0 Å². The first-order valence-corrected chi connectivity index (χ1v) is 7.72. The van der Waals surface area contributed by atoms with E-state index < -0.39 is 0 Å². The van der Waals surface area contributed by atoms with E-state index in [2.05, 4.69) is 38.1 Å². The van der Waals surface area contributed by atoms with Crippen LogP contribution in [0.5, 0.6) is 0 Å². The molecule has 2 aromatic rings. The van der Waals surface area contributed by atoms with E-state index in [1.54, 1.807) is 12.1 Å². The highest BCUT2D eigenvalue weighted by Crippen LogP contribution is 2.25. The fraction of sp³-hybridized carbons (Fsp3) is 0.231. The Balaban J connectivity index is 2.30. The molecule has 0 spiro atoms. The maximum absolute atomic E-state index is 13.5. The average Bonchev–Trinajstić information content (AvgIpc) is 2.35. The van der Waals surface area contributed by atoms with Crippen LogP contribution >= 0.6 is 38.5 Å². The molecule has 1 N–H and O–H groups in total. The van der Waals surface area contributed by atoms with Crippen LogP contribution in [-0.2, 0) is 6.42 Å². The quantitative estimate of drug-likeness (QED) is 0.559. The zero-order valence-electron chi connectivity index (χ0n) is 10.3. The minimum absolute atomic E-state index is 0.243. The summed E-state index contributed by atoms with van der Waals surface area (Å²) in [6.07, 6.45) is 1.79. The van der Waals surface area contributed by atoms with Gasteiger partial charge >= 0.3 is 0 Å². The van der Waals surface area contributed by atoms with Gasteiger partial charge in [0.1, 0.15) is 22.1 Å². The summed E-state index contributed by atoms with van der Waals surface area (Å²) in [5.74, 6) is 1.19. The lowest BCUT2D eigenvalue weighted by molar-refractivity contribution is 0.621. The zero-order chi connectivity index (χ0) is 13.8. The number of halogens is 3. The third-order valence-corrected chi connectivity index (χ3v) is 3.93. The van der Waals surface area contributed by atoms with Gasteiger partial charge in [-0.05, 0) is 57.1 Å². The first-order valence-electron chi connectivity index (χ1n) is 5.84. The van der Waals surface area contributed by atoms with Gasteiger partial charge in [-0.2, -0.15) is 0 Å². The van der Waals surface area contributed by atoms with Crippen molar-refractivity contribution >= 4 is 50.0 Å². The second-order valence-electron chi connectivity index (χ2n) is 3.97. The highest BCUT2D eigenvalue weighted by Gasteiger charge is 2.07. The summed E-state index contributed by atoms with van der Waals surface area (Å²) in [6, 6.07) is 6.70. The minimum atomic E-state index is -0.243. The Hall–Kier alpha value is -0.760. The summed E-state index contributed by atoms with van der Waals surface area (Å²) in [5, 5.41) is 3.12. The summed E-state index contributed by atoms with van der Waals surface area (Å²) in [7, 11) is 0. The number of nitrogens with one attached hydrogen (secondary N) is 1. The summed E-state index contributed by atoms with van der Waals surface area (Å²) in [5.41, 5.74) is 0.702. The predicted octanol–water partition coefficient (Wildman–Crippen LogP) is 4.68. The van der Waals surface area contributed by atoms with E-state index in [1.807, 2.05) is 28.7 Å². The van der Waals surface area contributed by atoms with Crippen molar-refractivity contribution in [3.8, 4) is 0 Å². The molecule has 19 heavy (non-hydrogen) atoms. The Morgan fingerprint density at radius 3 is 2.89 bits per heavy atom. The third-order valence-electron chi connectivity index (χ3n) is 2.43. The Morgan fingerprint density at radius 2 is 2.16 bits per heavy atom. The lowest BCUT2D eigenvalue weighted by atomic mass is 10.3. The molecule has 3 nitrogen and oxygen atoms in total. The highest BCUT2D eigenvalue weighted by molar-refractivity contribution is 14.1. The van der Waals surface area contributed by atoms with Gasteiger partial charge in [-0.1, -0.05) is 13.0 Å². The Morgan fingerprint density at radius 1 is 1.37 bits per heavy atom. The van der Waals surface area contributed by atoms with Crippen molar-refractivity contribution in [3.05, 3.63) is 44.1 Å². The second kappa shape index (κ2) is 6.60. The van der Waals surface area contributed by atoms with Crippen LogP contribution in [0.2, 0.25) is 0 Å². The first kappa shape index (κ1) is 14.6. The third kappa shape index (κ3) is 3.85. The Labute approximate surface area is 133 Å². The van der Waals surface area contributed by atoms with E-state index in [9.17, 15) is 4.39 Å². The van der Waals surface area contributed by atoms with Crippen LogP contribution < -0.4 is 5.32 Å². The molecule has 0 bridgehead atoms. The standard InChI is InChI=1S/C13H12BrFIN3/c1-2-4-11-18-10(14)7-12(19-11)17-9-6-3-5-8(15)13(9)16/h3,5-7H,2,4H2,1H3,(H,17,18,19). The molecule has 0 saturated heterocycles. The summed E-state index contributed by atoms with van der Waals surface area (Å²) >= 11 is 5.34. The van der Waals surface area contributed by atoms with E-state index in [1.165, 1.54) is 6.07 Å². The molecule has 2 rings (SSSR count). The lowest BCUT2D eigenvalue weighted by Gasteiger charge is -2.09. The lowest BCUT2D eigenvalue weighted by Crippen LogP contribution is -2.02. The van der Waals surface area contributed by atoms with Crippen molar-refractivity contribution in [1.82, 2.24) is 9.97 Å². The number of hydrogen-bond donors (Lipinski definition) is 1. The molecule has 0 saturated carbocycles. The molecule has 0 aliphatic carbocycles. The van der Waals surface area contributed by atoms with Crippen LogP contribution in [0.1, 0.15) is 19.2 Å². The van der Waals surface area contributed by atoms with Crippen molar-refractivity contribution in [2.45, 2.75) is 19.8 Å². The number of aromatic nitrogens is 2. The number of hydrogen-bond acceptors (Lipinski definition) is 3. The van der Waals surface area contributed by atoms with Gasteiger partial charge in [-0.3, -0.25) is 0 Å². The molecule has 0 atom stereocenters. The van der Waals surface area contributed by atoms with Crippen molar-refractivity contribution in [1.29, 1.82) is 0 Å². The van der Waals surface area contributed by atoms with E-state index in [0.29, 0.717) is 15.1 Å². The van der Waals surface area contributed by atoms with E-state index in [4.69, 9.17) is 0 Å². The van der Waals surface area contributed by atoms with Crippen LogP contribution in [0.3, 0.4) is 0 Å². The number of rotatable bonds is 4. The molecule has 0 radical (unpaired) electrons. The van der Waals surface area contributed by atoms with E-state index >= 15 is 0 Å². The smallest absolute Gasteiger partial charge is 0.138 e. The number of aryl methyl sites for hydroxylation is 1. The topological polar surface area (TPSA) is 37.8 Å². The van der Waals surface area contributed by atoms with Gasteiger partial charge in [0.2, 0.25) is 0 Å². The predicted molar refractivity (Wildman–Crippen MR) is 86.1 cm³/mol. The van der Waals surface area contributed by atoms with Crippen LogP contribution in [0.4, 0.5) is 15.9 Å². The van der Waals surface area contributed by atoms with Crippen molar-refractivity contribution < 1.29 is 4.39 Å². The molecule has 0 amide bonds. The molecule has 0 aliphatic rings. The molecule has 0 fully saturated rings. The van der Waals surface area contributed by atoms with Crippen molar-refractivity contribution in [2.24, 2.45) is 0 Å². The Bertz CT molecular complexity index is 592. The molecule has 6 heteroatoms. The van der Waals surface area contributed by atoms with Crippen LogP contribution in [0.25, 0.3) is 0 Å². The Kier molecular flexibility index (Phi) is 5.09. The molecule has 0 unspecified atom stereocenters. The maximum atomic E-state index is 13.5. The molecular formula is C13H12BrFIN3. The second-order valence-corrected chi connectivity index (χ2v) is 5.86. The van der Waals surface area contributed by atoms with Gasteiger partial charge in [0, 0.05) is 12.5 Å². The van der Waals surface area contributed by atoms with Gasteiger partial charge in [-0.25, -0.2) is 14.4 Å².